The van der Waals surface area contributed by atoms with E-state index in [2.05, 4.69) is 9.73 Å². The van der Waals surface area contributed by atoms with Crippen LogP contribution in [0.5, 0.6) is 11.5 Å². The fourth-order valence-electron chi connectivity index (χ4n) is 2.43. The Morgan fingerprint density at radius 1 is 1.22 bits per heavy atom. The molecule has 0 unspecified atom stereocenters. The van der Waals surface area contributed by atoms with E-state index in [-0.39, 0.29) is 40.8 Å². The zero-order valence-electron chi connectivity index (χ0n) is 14.1. The van der Waals surface area contributed by atoms with Crippen LogP contribution in [0.25, 0.3) is 6.08 Å². The molecule has 5 nitrogen and oxygen atoms in total. The molecule has 0 saturated heterocycles. The number of carbonyl (C=O) groups is 1. The van der Waals surface area contributed by atoms with Crippen LogP contribution in [0.2, 0.25) is 0 Å². The van der Waals surface area contributed by atoms with E-state index in [0.717, 1.165) is 6.07 Å². The number of cyclic esters (lactones) is 1. The predicted octanol–water partition coefficient (Wildman–Crippen LogP) is 4.17. The molecule has 2 aromatic rings. The molecule has 0 saturated carbocycles. The smallest absolute Gasteiger partial charge is 0.387 e. The lowest BCUT2D eigenvalue weighted by Gasteiger charge is -2.13. The van der Waals surface area contributed by atoms with Gasteiger partial charge in [0.1, 0.15) is 5.82 Å². The first kappa shape index (κ1) is 18.5. The number of nitrogens with zero attached hydrogens (tertiary/aromatic N) is 1. The molecule has 8 heteroatoms. The average Bonchev–Trinajstić information content (AvgIpc) is 2.98. The number of benzene rings is 2. The van der Waals surface area contributed by atoms with Crippen molar-refractivity contribution in [2.24, 2.45) is 4.99 Å². The second-order valence-corrected chi connectivity index (χ2v) is 5.33. The van der Waals surface area contributed by atoms with Crippen molar-refractivity contribution in [1.29, 1.82) is 0 Å². The standard InChI is InChI=1S/C19H14F3NO4/c1-2-25-15-8-4-5-11(16(15)26-19(21)22)10-14-18(24)27-17(23-14)12-6-3-7-13(20)9-12/h3-10,19H,2H2,1H3. The molecule has 3 rings (SSSR count). The van der Waals surface area contributed by atoms with Gasteiger partial charge in [-0.15, -0.1) is 0 Å². The van der Waals surface area contributed by atoms with Gasteiger partial charge in [0.25, 0.3) is 0 Å². The van der Waals surface area contributed by atoms with E-state index < -0.39 is 18.4 Å². The second-order valence-electron chi connectivity index (χ2n) is 5.33. The Morgan fingerprint density at radius 2 is 2.00 bits per heavy atom. The number of hydrogen-bond donors (Lipinski definition) is 0. The Morgan fingerprint density at radius 3 is 2.70 bits per heavy atom. The van der Waals surface area contributed by atoms with Crippen LogP contribution in [0.15, 0.2) is 53.2 Å². The summed E-state index contributed by atoms with van der Waals surface area (Å²) in [5.41, 5.74) is 0.304. The van der Waals surface area contributed by atoms with Gasteiger partial charge in [0, 0.05) is 11.1 Å². The fourth-order valence-corrected chi connectivity index (χ4v) is 2.43. The molecule has 1 heterocycles. The minimum atomic E-state index is -3.08. The van der Waals surface area contributed by atoms with Crippen molar-refractivity contribution >= 4 is 17.9 Å². The topological polar surface area (TPSA) is 57.1 Å². The van der Waals surface area contributed by atoms with Gasteiger partial charge < -0.3 is 14.2 Å². The lowest BCUT2D eigenvalue weighted by molar-refractivity contribution is -0.129. The van der Waals surface area contributed by atoms with E-state index in [4.69, 9.17) is 9.47 Å². The number of carbonyl (C=O) groups excluding carboxylic acids is 1. The zero-order valence-corrected chi connectivity index (χ0v) is 14.1. The molecule has 0 bridgehead atoms. The monoisotopic (exact) mass is 377 g/mol. The molecular weight excluding hydrogens is 363 g/mol. The minimum Gasteiger partial charge on any atom is -0.490 e. The van der Waals surface area contributed by atoms with Crippen LogP contribution in [0.1, 0.15) is 18.1 Å². The molecule has 0 fully saturated rings. The quantitative estimate of drug-likeness (QED) is 0.560. The van der Waals surface area contributed by atoms with Crippen LogP contribution in [0, 0.1) is 5.82 Å². The van der Waals surface area contributed by atoms with E-state index in [1.807, 2.05) is 0 Å². The molecule has 2 aromatic carbocycles. The fraction of sp³-hybridized carbons (Fsp3) is 0.158. The number of para-hydroxylation sites is 1. The third-order valence-electron chi connectivity index (χ3n) is 3.50. The maximum Gasteiger partial charge on any atom is 0.387 e. The van der Waals surface area contributed by atoms with E-state index in [1.54, 1.807) is 13.0 Å². The molecule has 0 N–H and O–H groups in total. The summed E-state index contributed by atoms with van der Waals surface area (Å²) in [6.07, 6.45) is 1.24. The first-order valence-corrected chi connectivity index (χ1v) is 7.97. The normalized spacial score (nSPS) is 15.1. The number of halogens is 3. The van der Waals surface area contributed by atoms with Gasteiger partial charge in [-0.3, -0.25) is 0 Å². The number of esters is 1. The summed E-state index contributed by atoms with van der Waals surface area (Å²) in [6, 6.07) is 9.88. The highest BCUT2D eigenvalue weighted by atomic mass is 19.3. The number of alkyl halides is 2. The van der Waals surface area contributed by atoms with Gasteiger partial charge in [-0.2, -0.15) is 8.78 Å². The van der Waals surface area contributed by atoms with E-state index >= 15 is 0 Å². The maximum absolute atomic E-state index is 13.3. The predicted molar refractivity (Wildman–Crippen MR) is 91.2 cm³/mol. The van der Waals surface area contributed by atoms with Crippen LogP contribution >= 0.6 is 0 Å². The first-order chi connectivity index (χ1) is 13.0. The molecule has 27 heavy (non-hydrogen) atoms. The Labute approximate surface area is 152 Å². The number of ether oxygens (including phenoxy) is 3. The molecule has 0 amide bonds. The first-order valence-electron chi connectivity index (χ1n) is 7.97. The Kier molecular flexibility index (Phi) is 5.44. The number of aliphatic imine (C=N–C) groups is 1. The molecule has 0 radical (unpaired) electrons. The summed E-state index contributed by atoms with van der Waals surface area (Å²) >= 11 is 0. The van der Waals surface area contributed by atoms with Crippen LogP contribution in [0.4, 0.5) is 13.2 Å². The van der Waals surface area contributed by atoms with Crippen molar-refractivity contribution in [3.63, 3.8) is 0 Å². The van der Waals surface area contributed by atoms with Gasteiger partial charge in [-0.25, -0.2) is 14.2 Å². The Hall–Kier alpha value is -3.29. The van der Waals surface area contributed by atoms with Crippen molar-refractivity contribution in [2.75, 3.05) is 6.61 Å². The highest BCUT2D eigenvalue weighted by molar-refractivity contribution is 6.13. The third kappa shape index (κ3) is 4.28. The summed E-state index contributed by atoms with van der Waals surface area (Å²) in [7, 11) is 0. The van der Waals surface area contributed by atoms with Crippen molar-refractivity contribution in [1.82, 2.24) is 0 Å². The molecule has 0 spiro atoms. The Bertz CT molecular complexity index is 925. The SMILES string of the molecule is CCOc1cccc(C=C2N=C(c3cccc(F)c3)OC2=O)c1OC(F)F. The highest BCUT2D eigenvalue weighted by Crippen LogP contribution is 2.35. The van der Waals surface area contributed by atoms with Crippen LogP contribution in [0.3, 0.4) is 0 Å². The zero-order chi connectivity index (χ0) is 19.4. The lowest BCUT2D eigenvalue weighted by atomic mass is 10.1. The molecule has 0 aromatic heterocycles. The van der Waals surface area contributed by atoms with E-state index in [1.165, 1.54) is 36.4 Å². The van der Waals surface area contributed by atoms with Crippen molar-refractivity contribution in [2.45, 2.75) is 13.5 Å². The second kappa shape index (κ2) is 7.94. The maximum atomic E-state index is 13.3. The van der Waals surface area contributed by atoms with Gasteiger partial charge in [0.05, 0.1) is 6.61 Å². The van der Waals surface area contributed by atoms with Gasteiger partial charge in [-0.1, -0.05) is 18.2 Å². The van der Waals surface area contributed by atoms with Gasteiger partial charge in [0.2, 0.25) is 5.90 Å². The molecule has 1 aliphatic rings. The summed E-state index contributed by atoms with van der Waals surface area (Å²) in [4.78, 5) is 16.1. The summed E-state index contributed by atoms with van der Waals surface area (Å²) in [5.74, 6) is -1.50. The summed E-state index contributed by atoms with van der Waals surface area (Å²) in [5, 5.41) is 0. The summed E-state index contributed by atoms with van der Waals surface area (Å²) in [6.45, 7) is -1.14. The van der Waals surface area contributed by atoms with Crippen LogP contribution in [-0.2, 0) is 9.53 Å². The van der Waals surface area contributed by atoms with Gasteiger partial charge in [0.15, 0.2) is 17.2 Å². The third-order valence-corrected chi connectivity index (χ3v) is 3.50. The van der Waals surface area contributed by atoms with Crippen LogP contribution < -0.4 is 9.47 Å². The molecular formula is C19H14F3NO4. The van der Waals surface area contributed by atoms with Crippen molar-refractivity contribution in [3.05, 3.63) is 65.1 Å². The average molecular weight is 377 g/mol. The van der Waals surface area contributed by atoms with Gasteiger partial charge >= 0.3 is 12.6 Å². The lowest BCUT2D eigenvalue weighted by Crippen LogP contribution is -2.07. The van der Waals surface area contributed by atoms with Crippen molar-refractivity contribution < 1.29 is 32.2 Å². The minimum absolute atomic E-state index is 0.0805. The van der Waals surface area contributed by atoms with E-state index in [0.29, 0.717) is 0 Å². The number of rotatable bonds is 6. The van der Waals surface area contributed by atoms with E-state index in [9.17, 15) is 18.0 Å². The van der Waals surface area contributed by atoms with Crippen LogP contribution in [-0.4, -0.2) is 25.1 Å². The molecule has 1 aliphatic heterocycles. The summed E-state index contributed by atoms with van der Waals surface area (Å²) < 4.78 is 53.8. The van der Waals surface area contributed by atoms with Crippen molar-refractivity contribution in [3.8, 4) is 11.5 Å². The van der Waals surface area contributed by atoms with Gasteiger partial charge in [-0.05, 0) is 37.3 Å². The molecule has 0 atom stereocenters. The number of hydrogen-bond acceptors (Lipinski definition) is 5. The largest absolute Gasteiger partial charge is 0.490 e. The molecule has 140 valence electrons. The molecule has 0 aliphatic carbocycles. The highest BCUT2D eigenvalue weighted by Gasteiger charge is 2.25. The Balaban J connectivity index is 2.00.